The molecular weight excluding hydrogens is 312 g/mol. The molecule has 2 aliphatic heterocycles. The lowest BCUT2D eigenvalue weighted by Gasteiger charge is -2.56. The fourth-order valence-corrected chi connectivity index (χ4v) is 4.75. The highest BCUT2D eigenvalue weighted by Gasteiger charge is 2.59. The minimum absolute atomic E-state index is 0.132. The molecule has 130 valence electrons. The highest BCUT2D eigenvalue weighted by atomic mass is 15.7. The van der Waals surface area contributed by atoms with E-state index in [-0.39, 0.29) is 25.7 Å². The van der Waals surface area contributed by atoms with Crippen LogP contribution in [0.4, 0.5) is 11.6 Å². The topological polar surface area (TPSA) is 53.3 Å². The summed E-state index contributed by atoms with van der Waals surface area (Å²) < 4.78 is 4.49. The predicted octanol–water partition coefficient (Wildman–Crippen LogP) is 2.02. The molecule has 0 radical (unpaired) electrons. The van der Waals surface area contributed by atoms with Gasteiger partial charge in [-0.25, -0.2) is 4.68 Å². The minimum Gasteiger partial charge on any atom is -0.381 e. The Balaban J connectivity index is 1.90. The van der Waals surface area contributed by atoms with Crippen molar-refractivity contribution >= 4 is 25.6 Å². The van der Waals surface area contributed by atoms with Gasteiger partial charge in [-0.15, -0.1) is 0 Å². The molecule has 1 aromatic heterocycles. The Morgan fingerprint density at radius 2 is 1.68 bits per heavy atom. The van der Waals surface area contributed by atoms with Crippen molar-refractivity contribution in [2.24, 2.45) is 0 Å². The molecule has 7 nitrogen and oxygen atoms in total. The van der Waals surface area contributed by atoms with Gasteiger partial charge in [0.1, 0.15) is 6.17 Å². The van der Waals surface area contributed by atoms with Crippen LogP contribution < -0.4 is 9.62 Å². The molecule has 1 atom stereocenters. The maximum atomic E-state index is 4.35. The van der Waals surface area contributed by atoms with E-state index >= 15 is 0 Å². The van der Waals surface area contributed by atoms with Gasteiger partial charge < -0.3 is 14.3 Å². The number of nitrogens with zero attached hydrogens (tertiary/aromatic N) is 7. The number of benzene rings is 1. The first kappa shape index (κ1) is 16.4. The second kappa shape index (κ2) is 5.49. The second-order valence-electron chi connectivity index (χ2n) is 7.87. The maximum absolute atomic E-state index is 4.35. The molecule has 3 heterocycles. The quantitative estimate of drug-likeness (QED) is 0.782. The largest absolute Gasteiger partial charge is 0.381 e. The summed E-state index contributed by atoms with van der Waals surface area (Å²) in [6.45, 7) is 14.0. The number of hydrogen-bond donors (Lipinski definition) is 0. The number of rotatable bonds is 2. The van der Waals surface area contributed by atoms with Gasteiger partial charge in [0.2, 0.25) is 5.95 Å². The third-order valence-corrected chi connectivity index (χ3v) is 5.71. The number of fused-ring (bicyclic) bond motifs is 3. The summed E-state index contributed by atoms with van der Waals surface area (Å²) >= 11 is 0. The minimum atomic E-state index is -0.236. The van der Waals surface area contributed by atoms with Crippen LogP contribution in [0.1, 0.15) is 27.7 Å². The molecule has 4 rings (SSSR count). The number of para-hydroxylation sites is 1. The van der Waals surface area contributed by atoms with E-state index in [0.29, 0.717) is 6.04 Å². The molecule has 1 aromatic carbocycles. The number of hydrogen-bond acceptors (Lipinski definition) is 6. The van der Waals surface area contributed by atoms with E-state index in [4.69, 9.17) is 0 Å². The van der Waals surface area contributed by atoms with Crippen LogP contribution in [0.2, 0.25) is 13.6 Å². The second-order valence-corrected chi connectivity index (χ2v) is 7.87. The Kier molecular flexibility index (Phi) is 3.61. The third kappa shape index (κ3) is 2.14. The van der Waals surface area contributed by atoms with Crippen molar-refractivity contribution in [3.05, 3.63) is 30.3 Å². The zero-order valence-corrected chi connectivity index (χ0v) is 15.8. The molecule has 0 amide bonds. The SMILES string of the molecule is CB1N(C(C)C)B(C)N2c3nnnn3C(C)(C)C2N1c1ccccc1. The van der Waals surface area contributed by atoms with Gasteiger partial charge in [0.25, 0.3) is 0 Å². The molecule has 0 saturated carbocycles. The zero-order chi connectivity index (χ0) is 17.9. The van der Waals surface area contributed by atoms with E-state index in [9.17, 15) is 0 Å². The van der Waals surface area contributed by atoms with Crippen molar-refractivity contribution in [3.8, 4) is 0 Å². The molecule has 1 fully saturated rings. The fourth-order valence-electron chi connectivity index (χ4n) is 4.75. The number of anilines is 2. The van der Waals surface area contributed by atoms with Crippen LogP contribution >= 0.6 is 0 Å². The molecule has 0 bridgehead atoms. The van der Waals surface area contributed by atoms with Crippen LogP contribution in [-0.4, -0.2) is 51.1 Å². The van der Waals surface area contributed by atoms with Crippen LogP contribution in [0.25, 0.3) is 0 Å². The standard InChI is InChI=1S/C16H25B2N7/c1-12(2)25-17(5)22(13-10-8-7-9-11-13)14-16(3,4)24-15(19-20-21-24)23(14)18(25)6/h7-12,14H,1-6H3. The van der Waals surface area contributed by atoms with Crippen molar-refractivity contribution in [2.45, 2.75) is 59.1 Å². The summed E-state index contributed by atoms with van der Waals surface area (Å²) in [5, 5.41) is 12.6. The van der Waals surface area contributed by atoms with Crippen LogP contribution in [0.5, 0.6) is 0 Å². The van der Waals surface area contributed by atoms with Gasteiger partial charge in [-0.3, -0.25) is 0 Å². The highest BCUT2D eigenvalue weighted by Crippen LogP contribution is 2.44. The maximum Gasteiger partial charge on any atom is 0.334 e. The van der Waals surface area contributed by atoms with Crippen molar-refractivity contribution in [1.82, 2.24) is 24.9 Å². The average molecular weight is 337 g/mol. The summed E-state index contributed by atoms with van der Waals surface area (Å²) in [5.41, 5.74) is 0.981. The van der Waals surface area contributed by atoms with Gasteiger partial charge in [-0.05, 0) is 42.4 Å². The molecule has 25 heavy (non-hydrogen) atoms. The normalized spacial score (nSPS) is 22.6. The van der Waals surface area contributed by atoms with Gasteiger partial charge in [-0.2, -0.15) is 0 Å². The first-order valence-corrected chi connectivity index (χ1v) is 9.03. The summed E-state index contributed by atoms with van der Waals surface area (Å²) in [7, 11) is 0. The Labute approximate surface area is 150 Å². The van der Waals surface area contributed by atoms with Crippen molar-refractivity contribution in [1.29, 1.82) is 0 Å². The molecule has 0 aliphatic carbocycles. The Hall–Kier alpha value is -2.02. The summed E-state index contributed by atoms with van der Waals surface area (Å²) in [6.07, 6.45) is 0.132. The monoisotopic (exact) mass is 337 g/mol. The Morgan fingerprint density at radius 1 is 1.04 bits per heavy atom. The molecule has 2 aromatic rings. The molecule has 9 heteroatoms. The zero-order valence-electron chi connectivity index (χ0n) is 15.8. The van der Waals surface area contributed by atoms with Crippen molar-refractivity contribution in [2.75, 3.05) is 9.62 Å². The fraction of sp³-hybridized carbons (Fsp3) is 0.562. The van der Waals surface area contributed by atoms with Gasteiger partial charge >= 0.3 is 14.0 Å². The Bertz CT molecular complexity index is 763. The lowest BCUT2D eigenvalue weighted by atomic mass is 9.54. The highest BCUT2D eigenvalue weighted by molar-refractivity contribution is 6.77. The first-order chi connectivity index (χ1) is 11.9. The summed E-state index contributed by atoms with van der Waals surface area (Å²) in [5.74, 6) is 0.848. The number of aromatic nitrogens is 4. The van der Waals surface area contributed by atoms with Crippen LogP contribution in [0, 0.1) is 0 Å². The molecular formula is C16H25B2N7. The van der Waals surface area contributed by atoms with E-state index in [1.807, 2.05) is 4.68 Å². The average Bonchev–Trinajstić information content (AvgIpc) is 3.11. The van der Waals surface area contributed by atoms with E-state index < -0.39 is 0 Å². The first-order valence-electron chi connectivity index (χ1n) is 9.03. The molecule has 2 aliphatic rings. The van der Waals surface area contributed by atoms with E-state index in [0.717, 1.165) is 5.95 Å². The summed E-state index contributed by atoms with van der Waals surface area (Å²) in [4.78, 5) is 4.86. The van der Waals surface area contributed by atoms with Crippen LogP contribution in [0.15, 0.2) is 30.3 Å². The molecule has 0 N–H and O–H groups in total. The van der Waals surface area contributed by atoms with E-state index in [2.05, 4.69) is 102 Å². The van der Waals surface area contributed by atoms with Crippen LogP contribution in [0.3, 0.4) is 0 Å². The van der Waals surface area contributed by atoms with E-state index in [1.54, 1.807) is 0 Å². The summed E-state index contributed by atoms with van der Waals surface area (Å²) in [6, 6.07) is 11.0. The van der Waals surface area contributed by atoms with Gasteiger partial charge in [0.05, 0.1) is 5.54 Å². The van der Waals surface area contributed by atoms with Gasteiger partial charge in [0, 0.05) is 5.69 Å². The van der Waals surface area contributed by atoms with E-state index in [1.165, 1.54) is 5.69 Å². The number of tetrazole rings is 1. The van der Waals surface area contributed by atoms with Gasteiger partial charge in [0.15, 0.2) is 0 Å². The third-order valence-electron chi connectivity index (χ3n) is 5.71. The molecule has 0 spiro atoms. The lowest BCUT2D eigenvalue weighted by molar-refractivity contribution is 0.290. The van der Waals surface area contributed by atoms with Gasteiger partial charge in [-0.1, -0.05) is 50.8 Å². The Morgan fingerprint density at radius 3 is 2.32 bits per heavy atom. The predicted molar refractivity (Wildman–Crippen MR) is 103 cm³/mol. The van der Waals surface area contributed by atoms with Crippen LogP contribution in [-0.2, 0) is 5.54 Å². The molecule has 1 unspecified atom stereocenters. The van der Waals surface area contributed by atoms with Crippen molar-refractivity contribution < 1.29 is 0 Å². The van der Waals surface area contributed by atoms with Crippen molar-refractivity contribution in [3.63, 3.8) is 0 Å². The molecule has 1 saturated heterocycles. The smallest absolute Gasteiger partial charge is 0.334 e. The lowest BCUT2D eigenvalue weighted by Crippen LogP contribution is -2.77.